The van der Waals surface area contributed by atoms with Gasteiger partial charge in [-0.3, -0.25) is 0 Å². The first kappa shape index (κ1) is 12.1. The van der Waals surface area contributed by atoms with Crippen molar-refractivity contribution in [3.63, 3.8) is 0 Å². The van der Waals surface area contributed by atoms with Gasteiger partial charge in [-0.1, -0.05) is 6.42 Å². The highest BCUT2D eigenvalue weighted by Gasteiger charge is 2.20. The van der Waals surface area contributed by atoms with Gasteiger partial charge >= 0.3 is 0 Å². The van der Waals surface area contributed by atoms with E-state index in [-0.39, 0.29) is 6.04 Å². The Morgan fingerprint density at radius 1 is 1.11 bits per heavy atom. The largest absolute Gasteiger partial charge is 0.327 e. The fourth-order valence-electron chi connectivity index (χ4n) is 3.04. The molecule has 0 spiro atoms. The Bertz CT molecular complexity index is 394. The van der Waals surface area contributed by atoms with Crippen molar-refractivity contribution in [2.45, 2.75) is 51.1 Å². The molecule has 1 atom stereocenters. The van der Waals surface area contributed by atoms with Gasteiger partial charge in [0, 0.05) is 32.0 Å². The third-order valence-corrected chi connectivity index (χ3v) is 4.17. The van der Waals surface area contributed by atoms with Gasteiger partial charge in [0.25, 0.3) is 0 Å². The monoisotopic (exact) mass is 249 g/mol. The number of hydrogen-bond acceptors (Lipinski definition) is 4. The summed E-state index contributed by atoms with van der Waals surface area (Å²) in [7, 11) is 0. The standard InChI is InChI=1S/C13H23N5/c14-11-4-9-18-12(15-16-13(18)10-11)5-8-17-6-2-1-3-7-17/h11H,1-10,14H2. The summed E-state index contributed by atoms with van der Waals surface area (Å²) < 4.78 is 2.29. The first-order valence-electron chi connectivity index (χ1n) is 7.22. The van der Waals surface area contributed by atoms with Crippen LogP contribution >= 0.6 is 0 Å². The van der Waals surface area contributed by atoms with E-state index in [2.05, 4.69) is 19.7 Å². The van der Waals surface area contributed by atoms with E-state index in [4.69, 9.17) is 5.73 Å². The predicted molar refractivity (Wildman–Crippen MR) is 70.3 cm³/mol. The van der Waals surface area contributed by atoms with Crippen LogP contribution in [0.2, 0.25) is 0 Å². The number of piperidine rings is 1. The zero-order chi connectivity index (χ0) is 12.4. The summed E-state index contributed by atoms with van der Waals surface area (Å²) in [5, 5.41) is 8.63. The van der Waals surface area contributed by atoms with Crippen molar-refractivity contribution >= 4 is 0 Å². The number of nitrogens with zero attached hydrogens (tertiary/aromatic N) is 4. The maximum atomic E-state index is 5.96. The van der Waals surface area contributed by atoms with Crippen LogP contribution in [0.4, 0.5) is 0 Å². The second-order valence-corrected chi connectivity index (χ2v) is 5.59. The molecule has 0 amide bonds. The molecule has 5 nitrogen and oxygen atoms in total. The van der Waals surface area contributed by atoms with Crippen LogP contribution in [0.1, 0.15) is 37.3 Å². The van der Waals surface area contributed by atoms with Crippen LogP contribution in [0.3, 0.4) is 0 Å². The van der Waals surface area contributed by atoms with Crippen molar-refractivity contribution in [1.82, 2.24) is 19.7 Å². The SMILES string of the molecule is NC1CCn2c(CCN3CCCCC3)nnc2C1. The number of hydrogen-bond donors (Lipinski definition) is 1. The number of likely N-dealkylation sites (tertiary alicyclic amines) is 1. The molecule has 2 aliphatic heterocycles. The maximum Gasteiger partial charge on any atom is 0.134 e. The molecule has 3 rings (SSSR count). The van der Waals surface area contributed by atoms with Gasteiger partial charge in [-0.05, 0) is 32.4 Å². The Morgan fingerprint density at radius 3 is 2.78 bits per heavy atom. The van der Waals surface area contributed by atoms with Crippen LogP contribution in [0, 0.1) is 0 Å². The predicted octanol–water partition coefficient (Wildman–Crippen LogP) is 0.580. The van der Waals surface area contributed by atoms with Crippen molar-refractivity contribution in [3.8, 4) is 0 Å². The summed E-state index contributed by atoms with van der Waals surface area (Å²) in [6, 6.07) is 0.275. The minimum atomic E-state index is 0.275. The summed E-state index contributed by atoms with van der Waals surface area (Å²) in [5.41, 5.74) is 5.96. The van der Waals surface area contributed by atoms with Gasteiger partial charge in [-0.15, -0.1) is 10.2 Å². The quantitative estimate of drug-likeness (QED) is 0.851. The molecule has 2 aliphatic rings. The smallest absolute Gasteiger partial charge is 0.134 e. The number of fused-ring (bicyclic) bond motifs is 1. The lowest BCUT2D eigenvalue weighted by Gasteiger charge is -2.26. The lowest BCUT2D eigenvalue weighted by Crippen LogP contribution is -2.33. The molecule has 1 aromatic heterocycles. The molecule has 0 bridgehead atoms. The van der Waals surface area contributed by atoms with Gasteiger partial charge in [0.15, 0.2) is 0 Å². The maximum absolute atomic E-state index is 5.96. The highest BCUT2D eigenvalue weighted by Crippen LogP contribution is 2.15. The van der Waals surface area contributed by atoms with Gasteiger partial charge < -0.3 is 15.2 Å². The molecule has 1 fully saturated rings. The van der Waals surface area contributed by atoms with E-state index in [1.165, 1.54) is 32.4 Å². The number of nitrogens with two attached hydrogens (primary N) is 1. The molecule has 0 aliphatic carbocycles. The van der Waals surface area contributed by atoms with Crippen molar-refractivity contribution in [2.75, 3.05) is 19.6 Å². The molecule has 100 valence electrons. The third-order valence-electron chi connectivity index (χ3n) is 4.17. The Hall–Kier alpha value is -0.940. The fourth-order valence-corrected chi connectivity index (χ4v) is 3.04. The van der Waals surface area contributed by atoms with Crippen LogP contribution in [0.15, 0.2) is 0 Å². The molecule has 18 heavy (non-hydrogen) atoms. The molecule has 0 aromatic carbocycles. The Kier molecular flexibility index (Phi) is 3.61. The Morgan fingerprint density at radius 2 is 1.94 bits per heavy atom. The average Bonchev–Trinajstić information content (AvgIpc) is 2.80. The van der Waals surface area contributed by atoms with E-state index in [9.17, 15) is 0 Å². The molecule has 2 N–H and O–H groups in total. The van der Waals surface area contributed by atoms with E-state index < -0.39 is 0 Å². The van der Waals surface area contributed by atoms with Gasteiger partial charge in [0.1, 0.15) is 11.6 Å². The second kappa shape index (κ2) is 5.36. The fraction of sp³-hybridized carbons (Fsp3) is 0.846. The zero-order valence-electron chi connectivity index (χ0n) is 11.0. The second-order valence-electron chi connectivity index (χ2n) is 5.59. The van der Waals surface area contributed by atoms with Gasteiger partial charge in [0.05, 0.1) is 0 Å². The van der Waals surface area contributed by atoms with E-state index in [0.29, 0.717) is 0 Å². The van der Waals surface area contributed by atoms with Crippen LogP contribution in [-0.2, 0) is 19.4 Å². The topological polar surface area (TPSA) is 60.0 Å². The minimum absolute atomic E-state index is 0.275. The first-order chi connectivity index (χ1) is 8.83. The lowest BCUT2D eigenvalue weighted by molar-refractivity contribution is 0.229. The summed E-state index contributed by atoms with van der Waals surface area (Å²) >= 11 is 0. The molecule has 1 saturated heterocycles. The van der Waals surface area contributed by atoms with Crippen molar-refractivity contribution in [2.24, 2.45) is 5.73 Å². The molecular formula is C13H23N5. The lowest BCUT2D eigenvalue weighted by atomic mass is 10.1. The van der Waals surface area contributed by atoms with Gasteiger partial charge in [-0.2, -0.15) is 0 Å². The summed E-state index contributed by atoms with van der Waals surface area (Å²) in [6.07, 6.45) is 7.08. The molecule has 0 radical (unpaired) electrons. The summed E-state index contributed by atoms with van der Waals surface area (Å²) in [5.74, 6) is 2.24. The molecule has 5 heteroatoms. The first-order valence-corrected chi connectivity index (χ1v) is 7.22. The van der Waals surface area contributed by atoms with Crippen LogP contribution in [0.5, 0.6) is 0 Å². The van der Waals surface area contributed by atoms with Crippen LogP contribution in [-0.4, -0.2) is 45.3 Å². The van der Waals surface area contributed by atoms with E-state index in [1.54, 1.807) is 0 Å². The summed E-state index contributed by atoms with van der Waals surface area (Å²) in [6.45, 7) is 4.64. The average molecular weight is 249 g/mol. The van der Waals surface area contributed by atoms with Crippen LogP contribution < -0.4 is 5.73 Å². The number of aromatic nitrogens is 3. The van der Waals surface area contributed by atoms with E-state index >= 15 is 0 Å². The Balaban J connectivity index is 1.59. The molecule has 0 saturated carbocycles. The highest BCUT2D eigenvalue weighted by atomic mass is 15.3. The van der Waals surface area contributed by atoms with Crippen molar-refractivity contribution < 1.29 is 0 Å². The summed E-state index contributed by atoms with van der Waals surface area (Å²) in [4.78, 5) is 2.56. The van der Waals surface area contributed by atoms with E-state index in [1.807, 2.05) is 0 Å². The van der Waals surface area contributed by atoms with Crippen molar-refractivity contribution in [1.29, 1.82) is 0 Å². The minimum Gasteiger partial charge on any atom is -0.327 e. The van der Waals surface area contributed by atoms with E-state index in [0.717, 1.165) is 44.0 Å². The molecular weight excluding hydrogens is 226 g/mol. The molecule has 3 heterocycles. The van der Waals surface area contributed by atoms with Gasteiger partial charge in [-0.25, -0.2) is 0 Å². The normalized spacial score (nSPS) is 25.1. The Labute approximate surface area is 108 Å². The molecule has 1 unspecified atom stereocenters. The van der Waals surface area contributed by atoms with Crippen molar-refractivity contribution in [3.05, 3.63) is 11.6 Å². The molecule has 1 aromatic rings. The van der Waals surface area contributed by atoms with Gasteiger partial charge in [0.2, 0.25) is 0 Å². The highest BCUT2D eigenvalue weighted by molar-refractivity contribution is 5.02. The zero-order valence-corrected chi connectivity index (χ0v) is 11.0. The third kappa shape index (κ3) is 2.57. The van der Waals surface area contributed by atoms with Crippen LogP contribution in [0.25, 0.3) is 0 Å². The number of rotatable bonds is 3.